The number of allylic oxidation sites excluding steroid dienone is 3. The summed E-state index contributed by atoms with van der Waals surface area (Å²) in [5, 5.41) is 0. The highest BCUT2D eigenvalue weighted by Gasteiger charge is 2.28. The van der Waals surface area contributed by atoms with Gasteiger partial charge in [-0.05, 0) is 57.2 Å². The van der Waals surface area contributed by atoms with Gasteiger partial charge in [-0.3, -0.25) is 0 Å². The predicted octanol–water partition coefficient (Wildman–Crippen LogP) is 2.95. The van der Waals surface area contributed by atoms with Gasteiger partial charge in [0.2, 0.25) is 0 Å². The summed E-state index contributed by atoms with van der Waals surface area (Å²) in [7, 11) is 0. The zero-order valence-electron chi connectivity index (χ0n) is 13.7. The molecule has 21 heavy (non-hydrogen) atoms. The van der Waals surface area contributed by atoms with Gasteiger partial charge in [0, 0.05) is 30.7 Å². The maximum atomic E-state index is 6.32. The first kappa shape index (κ1) is 15.0. The summed E-state index contributed by atoms with van der Waals surface area (Å²) in [5.74, 6) is 1.44. The van der Waals surface area contributed by atoms with Crippen molar-refractivity contribution in [3.63, 3.8) is 0 Å². The van der Waals surface area contributed by atoms with E-state index in [0.29, 0.717) is 5.92 Å². The van der Waals surface area contributed by atoms with Gasteiger partial charge < -0.3 is 15.5 Å². The molecule has 2 fully saturated rings. The highest BCUT2D eigenvalue weighted by molar-refractivity contribution is 5.28. The molecule has 0 aromatic rings. The molecule has 0 aromatic carbocycles. The van der Waals surface area contributed by atoms with Crippen molar-refractivity contribution in [2.24, 2.45) is 17.6 Å². The van der Waals surface area contributed by atoms with Gasteiger partial charge in [-0.2, -0.15) is 0 Å². The first-order chi connectivity index (χ1) is 10.1. The lowest BCUT2D eigenvalue weighted by Crippen LogP contribution is -2.47. The predicted molar refractivity (Wildman–Crippen MR) is 88.7 cm³/mol. The fraction of sp³-hybridized carbons (Fsp3) is 0.778. The molecular formula is C18H31N3. The van der Waals surface area contributed by atoms with Gasteiger partial charge in [-0.1, -0.05) is 19.9 Å². The number of nitrogens with zero attached hydrogens (tertiary/aromatic N) is 2. The quantitative estimate of drug-likeness (QED) is 0.848. The van der Waals surface area contributed by atoms with Gasteiger partial charge in [0.25, 0.3) is 0 Å². The Labute approximate surface area is 129 Å². The molecule has 118 valence electrons. The molecular weight excluding hydrogens is 258 g/mol. The number of hydrogen-bond acceptors (Lipinski definition) is 3. The van der Waals surface area contributed by atoms with Gasteiger partial charge in [0.1, 0.15) is 0 Å². The van der Waals surface area contributed by atoms with E-state index in [1.807, 2.05) is 0 Å². The number of nitrogens with two attached hydrogens (primary N) is 1. The van der Waals surface area contributed by atoms with Crippen LogP contribution in [0.15, 0.2) is 23.5 Å². The molecule has 1 aliphatic carbocycles. The fourth-order valence-electron chi connectivity index (χ4n) is 4.01. The van der Waals surface area contributed by atoms with Gasteiger partial charge in [0.15, 0.2) is 0 Å². The summed E-state index contributed by atoms with van der Waals surface area (Å²) >= 11 is 0. The molecule has 2 heterocycles. The van der Waals surface area contributed by atoms with Crippen LogP contribution in [0.2, 0.25) is 0 Å². The fourth-order valence-corrected chi connectivity index (χ4v) is 4.01. The lowest BCUT2D eigenvalue weighted by Gasteiger charge is -2.43. The molecule has 1 atom stereocenters. The SMILES string of the molecule is CC1CCN(C2CCN(C3=C(N)C(C)CC=C3)CC2)CC1. The first-order valence-electron chi connectivity index (χ1n) is 8.80. The Morgan fingerprint density at radius 3 is 2.33 bits per heavy atom. The third-order valence-corrected chi connectivity index (χ3v) is 5.73. The second kappa shape index (κ2) is 6.43. The van der Waals surface area contributed by atoms with Crippen LogP contribution < -0.4 is 5.73 Å². The van der Waals surface area contributed by atoms with E-state index in [2.05, 4.69) is 35.8 Å². The molecule has 0 amide bonds. The number of rotatable bonds is 2. The van der Waals surface area contributed by atoms with E-state index in [9.17, 15) is 0 Å². The van der Waals surface area contributed by atoms with Crippen LogP contribution in [0.1, 0.15) is 46.0 Å². The molecule has 3 nitrogen and oxygen atoms in total. The van der Waals surface area contributed by atoms with Crippen molar-refractivity contribution in [3.05, 3.63) is 23.5 Å². The zero-order chi connectivity index (χ0) is 14.8. The highest BCUT2D eigenvalue weighted by atomic mass is 15.2. The summed E-state index contributed by atoms with van der Waals surface area (Å²) < 4.78 is 0. The smallest absolute Gasteiger partial charge is 0.0556 e. The van der Waals surface area contributed by atoms with E-state index in [0.717, 1.165) is 24.1 Å². The van der Waals surface area contributed by atoms with Crippen LogP contribution in [0.4, 0.5) is 0 Å². The van der Waals surface area contributed by atoms with E-state index < -0.39 is 0 Å². The highest BCUT2D eigenvalue weighted by Crippen LogP contribution is 2.28. The Balaban J connectivity index is 1.56. The molecule has 3 aliphatic rings. The molecule has 0 bridgehead atoms. The molecule has 0 radical (unpaired) electrons. The minimum atomic E-state index is 0.506. The van der Waals surface area contributed by atoms with Crippen LogP contribution in [0.5, 0.6) is 0 Å². The monoisotopic (exact) mass is 289 g/mol. The first-order valence-corrected chi connectivity index (χ1v) is 8.80. The van der Waals surface area contributed by atoms with Crippen LogP contribution in [0, 0.1) is 11.8 Å². The third-order valence-electron chi connectivity index (χ3n) is 5.73. The summed E-state index contributed by atoms with van der Waals surface area (Å²) in [4.78, 5) is 5.26. The molecule has 3 heteroatoms. The molecule has 2 saturated heterocycles. The molecule has 3 rings (SSSR count). The number of likely N-dealkylation sites (tertiary alicyclic amines) is 2. The molecule has 0 spiro atoms. The Morgan fingerprint density at radius 2 is 1.67 bits per heavy atom. The van der Waals surface area contributed by atoms with Crippen LogP contribution in [0.3, 0.4) is 0 Å². The average Bonchev–Trinajstić information content (AvgIpc) is 2.51. The summed E-state index contributed by atoms with van der Waals surface area (Å²) in [6.45, 7) is 9.60. The van der Waals surface area contributed by atoms with Crippen molar-refractivity contribution < 1.29 is 0 Å². The second-order valence-electron chi connectivity index (χ2n) is 7.32. The summed E-state index contributed by atoms with van der Waals surface area (Å²) in [5.41, 5.74) is 8.73. The van der Waals surface area contributed by atoms with Crippen molar-refractivity contribution in [3.8, 4) is 0 Å². The van der Waals surface area contributed by atoms with Gasteiger partial charge >= 0.3 is 0 Å². The van der Waals surface area contributed by atoms with Crippen molar-refractivity contribution in [2.75, 3.05) is 26.2 Å². The minimum Gasteiger partial charge on any atom is -0.400 e. The van der Waals surface area contributed by atoms with Crippen molar-refractivity contribution in [1.82, 2.24) is 9.80 Å². The normalized spacial score (nSPS) is 30.2. The third kappa shape index (κ3) is 3.28. The molecule has 2 N–H and O–H groups in total. The van der Waals surface area contributed by atoms with Crippen LogP contribution in [-0.4, -0.2) is 42.0 Å². The minimum absolute atomic E-state index is 0.506. The Bertz CT molecular complexity index is 410. The maximum absolute atomic E-state index is 6.32. The average molecular weight is 289 g/mol. The Morgan fingerprint density at radius 1 is 1.00 bits per heavy atom. The zero-order valence-corrected chi connectivity index (χ0v) is 13.7. The Kier molecular flexibility index (Phi) is 4.58. The van der Waals surface area contributed by atoms with Crippen LogP contribution in [-0.2, 0) is 0 Å². The maximum Gasteiger partial charge on any atom is 0.0556 e. The van der Waals surface area contributed by atoms with Crippen LogP contribution in [0.25, 0.3) is 0 Å². The van der Waals surface area contributed by atoms with E-state index >= 15 is 0 Å². The van der Waals surface area contributed by atoms with Gasteiger partial charge in [-0.15, -0.1) is 0 Å². The van der Waals surface area contributed by atoms with E-state index in [4.69, 9.17) is 5.73 Å². The molecule has 0 aromatic heterocycles. The molecule has 1 unspecified atom stereocenters. The van der Waals surface area contributed by atoms with Crippen molar-refractivity contribution in [2.45, 2.75) is 52.0 Å². The van der Waals surface area contributed by atoms with Crippen LogP contribution >= 0.6 is 0 Å². The topological polar surface area (TPSA) is 32.5 Å². The number of piperidine rings is 2. The molecule has 2 aliphatic heterocycles. The standard InChI is InChI=1S/C18H31N3/c1-14-6-10-20(11-7-14)16-8-12-21(13-9-16)17-5-3-4-15(2)18(17)19/h3,5,14-16H,4,6-13,19H2,1-2H3. The van der Waals surface area contributed by atoms with E-state index in [1.54, 1.807) is 0 Å². The van der Waals surface area contributed by atoms with E-state index in [1.165, 1.54) is 57.6 Å². The van der Waals surface area contributed by atoms with E-state index in [-0.39, 0.29) is 0 Å². The summed E-state index contributed by atoms with van der Waals surface area (Å²) in [6.07, 6.45) is 11.0. The second-order valence-corrected chi connectivity index (χ2v) is 7.32. The van der Waals surface area contributed by atoms with Gasteiger partial charge in [-0.25, -0.2) is 0 Å². The largest absolute Gasteiger partial charge is 0.400 e. The number of hydrogen-bond donors (Lipinski definition) is 1. The Hall–Kier alpha value is -0.960. The molecule has 0 saturated carbocycles. The van der Waals surface area contributed by atoms with Crippen molar-refractivity contribution >= 4 is 0 Å². The lowest BCUT2D eigenvalue weighted by atomic mass is 9.93. The summed E-state index contributed by atoms with van der Waals surface area (Å²) in [6, 6.07) is 0.806. The lowest BCUT2D eigenvalue weighted by molar-refractivity contribution is 0.0910. The van der Waals surface area contributed by atoms with Crippen molar-refractivity contribution in [1.29, 1.82) is 0 Å². The van der Waals surface area contributed by atoms with Gasteiger partial charge in [0.05, 0.1) is 5.70 Å².